The monoisotopic (exact) mass is 168 g/mol. The standard InChI is InChI=1S/C10H16S/c1-6(2)10(11)8-4-7(3)5-9(8)10/h7-9,11H,1,4-5H2,2-3H3. The molecule has 0 aromatic rings. The first kappa shape index (κ1) is 7.72. The molecule has 0 nitrogen and oxygen atoms in total. The van der Waals surface area contributed by atoms with Gasteiger partial charge in [-0.1, -0.05) is 19.1 Å². The fourth-order valence-electron chi connectivity index (χ4n) is 2.81. The highest BCUT2D eigenvalue weighted by atomic mass is 32.1. The second-order valence-electron chi connectivity index (χ2n) is 4.40. The molecule has 0 amide bonds. The van der Waals surface area contributed by atoms with Gasteiger partial charge < -0.3 is 0 Å². The van der Waals surface area contributed by atoms with Crippen LogP contribution < -0.4 is 0 Å². The minimum atomic E-state index is 0.243. The Morgan fingerprint density at radius 2 is 1.91 bits per heavy atom. The topological polar surface area (TPSA) is 0 Å². The van der Waals surface area contributed by atoms with Gasteiger partial charge in [-0.25, -0.2) is 0 Å². The fourth-order valence-corrected chi connectivity index (χ4v) is 3.30. The highest BCUT2D eigenvalue weighted by Gasteiger charge is 2.65. The molecule has 2 aliphatic carbocycles. The molecular weight excluding hydrogens is 152 g/mol. The van der Waals surface area contributed by atoms with Gasteiger partial charge in [0.15, 0.2) is 0 Å². The predicted molar refractivity (Wildman–Crippen MR) is 51.9 cm³/mol. The molecular formula is C10H16S. The average Bonchev–Trinajstić information content (AvgIpc) is 2.38. The lowest BCUT2D eigenvalue weighted by atomic mass is 9.98. The Kier molecular flexibility index (Phi) is 1.45. The van der Waals surface area contributed by atoms with Crippen molar-refractivity contribution in [1.29, 1.82) is 0 Å². The molecule has 1 heteroatoms. The molecule has 2 rings (SSSR count). The van der Waals surface area contributed by atoms with Crippen LogP contribution in [0.15, 0.2) is 12.2 Å². The molecule has 2 saturated carbocycles. The van der Waals surface area contributed by atoms with E-state index >= 15 is 0 Å². The van der Waals surface area contributed by atoms with E-state index in [-0.39, 0.29) is 4.75 Å². The summed E-state index contributed by atoms with van der Waals surface area (Å²) in [7, 11) is 0. The van der Waals surface area contributed by atoms with Crippen molar-refractivity contribution in [2.24, 2.45) is 17.8 Å². The molecule has 62 valence electrons. The summed E-state index contributed by atoms with van der Waals surface area (Å²) >= 11 is 4.72. The first-order valence-corrected chi connectivity index (χ1v) is 4.90. The van der Waals surface area contributed by atoms with Crippen molar-refractivity contribution in [3.05, 3.63) is 12.2 Å². The van der Waals surface area contributed by atoms with Gasteiger partial charge in [-0.05, 0) is 37.5 Å². The van der Waals surface area contributed by atoms with Crippen LogP contribution in [0, 0.1) is 17.8 Å². The van der Waals surface area contributed by atoms with E-state index in [9.17, 15) is 0 Å². The molecule has 2 unspecified atom stereocenters. The van der Waals surface area contributed by atoms with E-state index < -0.39 is 0 Å². The third kappa shape index (κ3) is 0.837. The summed E-state index contributed by atoms with van der Waals surface area (Å²) in [5.41, 5.74) is 1.28. The average molecular weight is 168 g/mol. The van der Waals surface area contributed by atoms with Gasteiger partial charge in [0.25, 0.3) is 0 Å². The van der Waals surface area contributed by atoms with Crippen LogP contribution >= 0.6 is 12.6 Å². The summed E-state index contributed by atoms with van der Waals surface area (Å²) in [5, 5.41) is 0. The van der Waals surface area contributed by atoms with Gasteiger partial charge in [0, 0.05) is 4.75 Å². The van der Waals surface area contributed by atoms with Crippen LogP contribution in [0.1, 0.15) is 26.7 Å². The molecule has 11 heavy (non-hydrogen) atoms. The lowest BCUT2D eigenvalue weighted by Gasteiger charge is -2.16. The number of hydrogen-bond acceptors (Lipinski definition) is 1. The minimum absolute atomic E-state index is 0.243. The Morgan fingerprint density at radius 1 is 1.45 bits per heavy atom. The van der Waals surface area contributed by atoms with E-state index in [0.29, 0.717) is 0 Å². The zero-order valence-electron chi connectivity index (χ0n) is 7.30. The molecule has 2 aliphatic rings. The smallest absolute Gasteiger partial charge is 0.0395 e. The zero-order valence-corrected chi connectivity index (χ0v) is 8.20. The Morgan fingerprint density at radius 3 is 2.27 bits per heavy atom. The van der Waals surface area contributed by atoms with E-state index in [1.807, 2.05) is 0 Å². The first-order valence-electron chi connectivity index (χ1n) is 4.45. The molecule has 0 N–H and O–H groups in total. The number of thiol groups is 1. The number of hydrogen-bond donors (Lipinski definition) is 1. The van der Waals surface area contributed by atoms with Gasteiger partial charge in [0.05, 0.1) is 0 Å². The molecule has 0 aliphatic heterocycles. The largest absolute Gasteiger partial charge is 0.167 e. The highest BCUT2D eigenvalue weighted by Crippen LogP contribution is 2.68. The minimum Gasteiger partial charge on any atom is -0.167 e. The lowest BCUT2D eigenvalue weighted by molar-refractivity contribution is 0.512. The van der Waals surface area contributed by atoms with Crippen molar-refractivity contribution in [3.8, 4) is 0 Å². The molecule has 2 atom stereocenters. The van der Waals surface area contributed by atoms with Crippen molar-refractivity contribution in [1.82, 2.24) is 0 Å². The van der Waals surface area contributed by atoms with Crippen molar-refractivity contribution in [3.63, 3.8) is 0 Å². The summed E-state index contributed by atoms with van der Waals surface area (Å²) in [6.45, 7) is 8.49. The molecule has 0 radical (unpaired) electrons. The van der Waals surface area contributed by atoms with Gasteiger partial charge in [-0.3, -0.25) is 0 Å². The Labute approximate surface area is 74.5 Å². The van der Waals surface area contributed by atoms with Gasteiger partial charge in [-0.15, -0.1) is 0 Å². The van der Waals surface area contributed by atoms with Crippen molar-refractivity contribution < 1.29 is 0 Å². The Hall–Kier alpha value is 0.0900. The summed E-state index contributed by atoms with van der Waals surface area (Å²) < 4.78 is 0.243. The summed E-state index contributed by atoms with van der Waals surface area (Å²) in [6.07, 6.45) is 2.75. The second kappa shape index (κ2) is 2.07. The SMILES string of the molecule is C=C(C)C1(S)C2CC(C)CC21. The van der Waals surface area contributed by atoms with Crippen LogP contribution in [0.3, 0.4) is 0 Å². The highest BCUT2D eigenvalue weighted by molar-refractivity contribution is 7.82. The molecule has 0 spiro atoms. The Bertz CT molecular complexity index is 195. The predicted octanol–water partition coefficient (Wildman–Crippen LogP) is 2.91. The molecule has 0 saturated heterocycles. The van der Waals surface area contributed by atoms with Crippen molar-refractivity contribution in [2.75, 3.05) is 0 Å². The Balaban J connectivity index is 2.11. The van der Waals surface area contributed by atoms with Gasteiger partial charge in [0.2, 0.25) is 0 Å². The third-order valence-electron chi connectivity index (χ3n) is 3.50. The third-order valence-corrected chi connectivity index (χ3v) is 4.55. The van der Waals surface area contributed by atoms with Crippen LogP contribution in [0.25, 0.3) is 0 Å². The fraction of sp³-hybridized carbons (Fsp3) is 0.800. The van der Waals surface area contributed by atoms with Crippen LogP contribution in [0.4, 0.5) is 0 Å². The van der Waals surface area contributed by atoms with Gasteiger partial charge in [0.1, 0.15) is 0 Å². The van der Waals surface area contributed by atoms with E-state index in [4.69, 9.17) is 12.6 Å². The summed E-state index contributed by atoms with van der Waals surface area (Å²) in [5.74, 6) is 2.65. The van der Waals surface area contributed by atoms with Crippen molar-refractivity contribution in [2.45, 2.75) is 31.4 Å². The summed E-state index contributed by atoms with van der Waals surface area (Å²) in [4.78, 5) is 0. The first-order chi connectivity index (χ1) is 5.06. The van der Waals surface area contributed by atoms with Crippen LogP contribution in [-0.2, 0) is 0 Å². The van der Waals surface area contributed by atoms with Crippen LogP contribution in [-0.4, -0.2) is 4.75 Å². The van der Waals surface area contributed by atoms with Crippen LogP contribution in [0.5, 0.6) is 0 Å². The maximum absolute atomic E-state index is 4.72. The van der Waals surface area contributed by atoms with Gasteiger partial charge in [-0.2, -0.15) is 12.6 Å². The number of rotatable bonds is 1. The van der Waals surface area contributed by atoms with Gasteiger partial charge >= 0.3 is 0 Å². The van der Waals surface area contributed by atoms with E-state index in [1.165, 1.54) is 18.4 Å². The van der Waals surface area contributed by atoms with Crippen LogP contribution in [0.2, 0.25) is 0 Å². The maximum atomic E-state index is 4.72. The van der Waals surface area contributed by atoms with E-state index in [2.05, 4.69) is 20.4 Å². The maximum Gasteiger partial charge on any atom is 0.0395 e. The molecule has 0 aromatic carbocycles. The normalized spacial score (nSPS) is 53.9. The van der Waals surface area contributed by atoms with E-state index in [0.717, 1.165) is 17.8 Å². The second-order valence-corrected chi connectivity index (χ2v) is 5.14. The lowest BCUT2D eigenvalue weighted by Crippen LogP contribution is -2.11. The molecule has 2 fully saturated rings. The molecule has 0 aromatic heterocycles. The van der Waals surface area contributed by atoms with E-state index in [1.54, 1.807) is 0 Å². The van der Waals surface area contributed by atoms with Crippen molar-refractivity contribution >= 4 is 12.6 Å². The summed E-state index contributed by atoms with van der Waals surface area (Å²) in [6, 6.07) is 0. The number of fused-ring (bicyclic) bond motifs is 1. The molecule has 0 heterocycles. The molecule has 0 bridgehead atoms. The zero-order chi connectivity index (χ0) is 8.22. The quantitative estimate of drug-likeness (QED) is 0.452.